The molecule has 4 heterocycles. The van der Waals surface area contributed by atoms with Gasteiger partial charge in [0.2, 0.25) is 11.8 Å². The monoisotopic (exact) mass is 413 g/mol. The van der Waals surface area contributed by atoms with Crippen molar-refractivity contribution < 1.29 is 9.32 Å². The largest absolute Gasteiger partial charge is 0.337 e. The zero-order chi connectivity index (χ0) is 19.5. The zero-order valence-corrected chi connectivity index (χ0v) is 17.0. The van der Waals surface area contributed by atoms with Crippen LogP contribution >= 0.6 is 11.8 Å². The average molecular weight is 414 g/mol. The first kappa shape index (κ1) is 17.7. The molecule has 2 aliphatic heterocycles. The quantitative estimate of drug-likeness (QED) is 0.710. The van der Waals surface area contributed by atoms with E-state index in [2.05, 4.69) is 10.1 Å². The van der Waals surface area contributed by atoms with E-state index in [0.29, 0.717) is 24.8 Å². The van der Waals surface area contributed by atoms with Gasteiger partial charge in [-0.15, -0.1) is 0 Å². The van der Waals surface area contributed by atoms with Crippen molar-refractivity contribution in [3.05, 3.63) is 33.3 Å². The molecule has 1 amide bonds. The van der Waals surface area contributed by atoms with Gasteiger partial charge in [0.05, 0.1) is 11.7 Å². The van der Waals surface area contributed by atoms with Crippen molar-refractivity contribution in [2.45, 2.75) is 74.5 Å². The Bertz CT molecular complexity index is 1040. The molecule has 2 aliphatic carbocycles. The lowest BCUT2D eigenvalue weighted by Crippen LogP contribution is -2.35. The van der Waals surface area contributed by atoms with Crippen molar-refractivity contribution >= 4 is 17.7 Å². The lowest BCUT2D eigenvalue weighted by Gasteiger charge is -2.24. The Morgan fingerprint density at radius 1 is 1.17 bits per heavy atom. The Morgan fingerprint density at radius 2 is 2.07 bits per heavy atom. The van der Waals surface area contributed by atoms with Gasteiger partial charge < -0.3 is 9.42 Å². The first-order valence-electron chi connectivity index (χ1n) is 10.6. The van der Waals surface area contributed by atoms with Crippen LogP contribution in [0.25, 0.3) is 0 Å². The molecule has 2 aromatic heterocycles. The van der Waals surface area contributed by atoms with Crippen LogP contribution < -0.4 is 5.56 Å². The maximum Gasteiger partial charge on any atom is 0.257 e. The van der Waals surface area contributed by atoms with Crippen molar-refractivity contribution in [1.29, 1.82) is 0 Å². The summed E-state index contributed by atoms with van der Waals surface area (Å²) in [6, 6.07) is -0.259. The van der Waals surface area contributed by atoms with E-state index in [1.54, 1.807) is 16.3 Å². The molecule has 1 saturated carbocycles. The van der Waals surface area contributed by atoms with Crippen LogP contribution in [-0.4, -0.2) is 42.8 Å². The minimum absolute atomic E-state index is 0.0597. The number of hydrogen-bond donors (Lipinski definition) is 0. The van der Waals surface area contributed by atoms with Crippen LogP contribution in [-0.2, 0) is 17.6 Å². The molecule has 2 fully saturated rings. The summed E-state index contributed by atoms with van der Waals surface area (Å²) in [5.74, 6) is 2.57. The molecule has 0 aromatic carbocycles. The van der Waals surface area contributed by atoms with E-state index in [-0.39, 0.29) is 23.6 Å². The van der Waals surface area contributed by atoms with Crippen molar-refractivity contribution in [1.82, 2.24) is 24.6 Å². The van der Waals surface area contributed by atoms with Gasteiger partial charge in [-0.25, -0.2) is 4.98 Å². The Kier molecular flexibility index (Phi) is 4.07. The molecule has 2 atom stereocenters. The van der Waals surface area contributed by atoms with Crippen LogP contribution in [0.15, 0.2) is 14.5 Å². The summed E-state index contributed by atoms with van der Waals surface area (Å²) in [5.41, 5.74) is 1.88. The summed E-state index contributed by atoms with van der Waals surface area (Å²) in [6.45, 7) is 0.703. The predicted molar refractivity (Wildman–Crippen MR) is 105 cm³/mol. The molecule has 29 heavy (non-hydrogen) atoms. The molecular formula is C20H23N5O3S. The molecule has 152 valence electrons. The molecule has 6 rings (SSSR count). The normalized spacial score (nSPS) is 25.4. The SMILES string of the molecule is O=C(CC1CSc2nc3c(c(=O)n21)CCC3)N1CCCC1c1nc(C2CC2)no1. The molecule has 2 unspecified atom stereocenters. The summed E-state index contributed by atoms with van der Waals surface area (Å²) >= 11 is 1.59. The maximum atomic E-state index is 13.2. The molecule has 0 N–H and O–H groups in total. The number of aromatic nitrogens is 4. The van der Waals surface area contributed by atoms with Gasteiger partial charge in [-0.2, -0.15) is 4.98 Å². The molecular weight excluding hydrogens is 390 g/mol. The van der Waals surface area contributed by atoms with E-state index < -0.39 is 0 Å². The highest BCUT2D eigenvalue weighted by atomic mass is 32.2. The van der Waals surface area contributed by atoms with Crippen molar-refractivity contribution in [2.75, 3.05) is 12.3 Å². The van der Waals surface area contributed by atoms with Crippen LogP contribution in [0, 0.1) is 0 Å². The fraction of sp³-hybridized carbons (Fsp3) is 0.650. The maximum absolute atomic E-state index is 13.2. The van der Waals surface area contributed by atoms with Gasteiger partial charge >= 0.3 is 0 Å². The fourth-order valence-electron chi connectivity index (χ4n) is 4.83. The van der Waals surface area contributed by atoms with Gasteiger partial charge in [0.25, 0.3) is 5.56 Å². The Balaban J connectivity index is 1.22. The zero-order valence-electron chi connectivity index (χ0n) is 16.2. The second kappa shape index (κ2) is 6.68. The summed E-state index contributed by atoms with van der Waals surface area (Å²) in [7, 11) is 0. The summed E-state index contributed by atoms with van der Waals surface area (Å²) in [5, 5.41) is 4.89. The van der Waals surface area contributed by atoms with Crippen LogP contribution in [0.4, 0.5) is 0 Å². The van der Waals surface area contributed by atoms with Gasteiger partial charge in [-0.1, -0.05) is 16.9 Å². The van der Waals surface area contributed by atoms with Crippen LogP contribution in [0.1, 0.15) is 79.5 Å². The number of hydrogen-bond acceptors (Lipinski definition) is 7. The molecule has 0 bridgehead atoms. The van der Waals surface area contributed by atoms with E-state index in [1.165, 1.54) is 0 Å². The van der Waals surface area contributed by atoms with Gasteiger partial charge in [0, 0.05) is 30.2 Å². The highest BCUT2D eigenvalue weighted by molar-refractivity contribution is 7.99. The molecule has 4 aliphatic rings. The first-order chi connectivity index (χ1) is 14.2. The molecule has 1 saturated heterocycles. The van der Waals surface area contributed by atoms with Gasteiger partial charge in [-0.3, -0.25) is 14.2 Å². The first-order valence-corrected chi connectivity index (χ1v) is 11.6. The molecule has 0 radical (unpaired) electrons. The Labute approximate surface area is 172 Å². The fourth-order valence-corrected chi connectivity index (χ4v) is 5.99. The second-order valence-corrected chi connectivity index (χ2v) is 9.51. The van der Waals surface area contributed by atoms with E-state index in [4.69, 9.17) is 9.51 Å². The Morgan fingerprint density at radius 3 is 2.93 bits per heavy atom. The third-order valence-corrected chi connectivity index (χ3v) is 7.64. The van der Waals surface area contributed by atoms with Gasteiger partial charge in [0.1, 0.15) is 6.04 Å². The molecule has 2 aromatic rings. The standard InChI is InChI=1S/C20H23N5O3S/c26-16(24-8-2-5-15(24)18-22-17(23-28-18)11-6-7-11)9-12-10-29-20-21-14-4-1-3-13(14)19(27)25(12)20/h11-12,15H,1-10H2. The number of fused-ring (bicyclic) bond motifs is 2. The summed E-state index contributed by atoms with van der Waals surface area (Å²) in [4.78, 5) is 37.3. The lowest BCUT2D eigenvalue weighted by atomic mass is 10.1. The molecule has 9 heteroatoms. The molecule has 8 nitrogen and oxygen atoms in total. The van der Waals surface area contributed by atoms with Crippen molar-refractivity contribution in [3.63, 3.8) is 0 Å². The third kappa shape index (κ3) is 2.93. The minimum atomic E-state index is -0.133. The topological polar surface area (TPSA) is 94.1 Å². The highest BCUT2D eigenvalue weighted by Gasteiger charge is 2.38. The van der Waals surface area contributed by atoms with Gasteiger partial charge in [0.15, 0.2) is 11.0 Å². The number of carbonyl (C=O) groups is 1. The number of aryl methyl sites for hydroxylation is 1. The van der Waals surface area contributed by atoms with Crippen LogP contribution in [0.3, 0.4) is 0 Å². The molecule has 0 spiro atoms. The van der Waals surface area contributed by atoms with Crippen LogP contribution in [0.5, 0.6) is 0 Å². The Hall–Kier alpha value is -2.16. The number of nitrogens with zero attached hydrogens (tertiary/aromatic N) is 5. The number of thioether (sulfide) groups is 1. The predicted octanol–water partition coefficient (Wildman–Crippen LogP) is 2.39. The lowest BCUT2D eigenvalue weighted by molar-refractivity contribution is -0.133. The highest BCUT2D eigenvalue weighted by Crippen LogP contribution is 2.40. The van der Waals surface area contributed by atoms with E-state index >= 15 is 0 Å². The summed E-state index contributed by atoms with van der Waals surface area (Å²) < 4.78 is 7.28. The third-order valence-electron chi connectivity index (χ3n) is 6.54. The number of rotatable bonds is 4. The van der Waals surface area contributed by atoms with E-state index in [0.717, 1.165) is 72.9 Å². The van der Waals surface area contributed by atoms with Crippen molar-refractivity contribution in [3.8, 4) is 0 Å². The number of carbonyl (C=O) groups excluding carboxylic acids is 1. The average Bonchev–Trinajstić information content (AvgIpc) is 3.18. The smallest absolute Gasteiger partial charge is 0.257 e. The number of amides is 1. The second-order valence-electron chi connectivity index (χ2n) is 8.53. The van der Waals surface area contributed by atoms with E-state index in [1.807, 2.05) is 4.90 Å². The minimum Gasteiger partial charge on any atom is -0.337 e. The van der Waals surface area contributed by atoms with E-state index in [9.17, 15) is 9.59 Å². The number of likely N-dealkylation sites (tertiary alicyclic amines) is 1. The summed E-state index contributed by atoms with van der Waals surface area (Å²) in [6.07, 6.45) is 7.05. The van der Waals surface area contributed by atoms with Crippen molar-refractivity contribution in [2.24, 2.45) is 0 Å². The van der Waals surface area contributed by atoms with Crippen LogP contribution in [0.2, 0.25) is 0 Å². The van der Waals surface area contributed by atoms with Gasteiger partial charge in [-0.05, 0) is 44.9 Å².